The van der Waals surface area contributed by atoms with Crippen LogP contribution >= 0.6 is 0 Å². The molecule has 0 amide bonds. The molecule has 0 spiro atoms. The summed E-state index contributed by atoms with van der Waals surface area (Å²) in [7, 11) is 0. The van der Waals surface area contributed by atoms with E-state index < -0.39 is 11.3 Å². The summed E-state index contributed by atoms with van der Waals surface area (Å²) >= 11 is 0. The fourth-order valence-corrected chi connectivity index (χ4v) is 2.07. The zero-order valence-corrected chi connectivity index (χ0v) is 6.85. The van der Waals surface area contributed by atoms with Gasteiger partial charge in [-0.15, -0.1) is 0 Å². The van der Waals surface area contributed by atoms with Gasteiger partial charge in [0.05, 0.1) is 11.5 Å². The molecule has 2 N–H and O–H groups in total. The zero-order valence-electron chi connectivity index (χ0n) is 6.85. The highest BCUT2D eigenvalue weighted by Gasteiger charge is 2.74. The van der Waals surface area contributed by atoms with E-state index in [9.17, 15) is 8.78 Å². The maximum atomic E-state index is 12.9. The Hall–Kier alpha value is -0.220. The largest absolute Gasteiger partial charge is 0.377 e. The molecule has 70 valence electrons. The average Bonchev–Trinajstić information content (AvgIpc) is 2.52. The lowest BCUT2D eigenvalue weighted by molar-refractivity contribution is -0.0175. The van der Waals surface area contributed by atoms with Crippen LogP contribution in [0.4, 0.5) is 8.78 Å². The van der Waals surface area contributed by atoms with Crippen LogP contribution in [0, 0.1) is 5.41 Å². The Morgan fingerprint density at radius 1 is 1.50 bits per heavy atom. The van der Waals surface area contributed by atoms with Crippen molar-refractivity contribution < 1.29 is 13.5 Å². The molecule has 0 aromatic carbocycles. The molecule has 2 nitrogen and oxygen atoms in total. The third-order valence-corrected chi connectivity index (χ3v) is 3.05. The Labute approximate surface area is 70.1 Å². The molecule has 0 aromatic rings. The molecule has 1 saturated carbocycles. The van der Waals surface area contributed by atoms with Crippen LogP contribution in [0.25, 0.3) is 0 Å². The first kappa shape index (κ1) is 8.38. The predicted octanol–water partition coefficient (Wildman–Crippen LogP) is 1.15. The van der Waals surface area contributed by atoms with E-state index in [4.69, 9.17) is 10.5 Å². The van der Waals surface area contributed by atoms with Crippen molar-refractivity contribution in [1.29, 1.82) is 0 Å². The molecular formula is C8H13F2NO. The van der Waals surface area contributed by atoms with Gasteiger partial charge in [0.2, 0.25) is 0 Å². The van der Waals surface area contributed by atoms with E-state index in [1.807, 2.05) is 0 Å². The van der Waals surface area contributed by atoms with Gasteiger partial charge in [-0.2, -0.15) is 0 Å². The highest BCUT2D eigenvalue weighted by molar-refractivity contribution is 5.15. The second-order valence-corrected chi connectivity index (χ2v) is 3.74. The first-order valence-corrected chi connectivity index (χ1v) is 4.32. The smallest absolute Gasteiger partial charge is 0.258 e. The van der Waals surface area contributed by atoms with Crippen LogP contribution in [-0.2, 0) is 4.74 Å². The number of rotatable bonds is 2. The SMILES string of the molecule is NCC1(C2CCCO2)CC1(F)F. The van der Waals surface area contributed by atoms with Crippen molar-refractivity contribution in [3.63, 3.8) is 0 Å². The molecule has 12 heavy (non-hydrogen) atoms. The quantitative estimate of drug-likeness (QED) is 0.686. The van der Waals surface area contributed by atoms with Crippen molar-refractivity contribution in [2.75, 3.05) is 13.2 Å². The van der Waals surface area contributed by atoms with Gasteiger partial charge in [-0.25, -0.2) is 8.78 Å². The fourth-order valence-electron chi connectivity index (χ4n) is 2.07. The Balaban J connectivity index is 2.09. The van der Waals surface area contributed by atoms with Crippen molar-refractivity contribution in [2.45, 2.75) is 31.3 Å². The van der Waals surface area contributed by atoms with Gasteiger partial charge in [-0.3, -0.25) is 0 Å². The number of hydrogen-bond acceptors (Lipinski definition) is 2. The summed E-state index contributed by atoms with van der Waals surface area (Å²) in [5, 5.41) is 0. The van der Waals surface area contributed by atoms with Gasteiger partial charge in [0.25, 0.3) is 5.92 Å². The average molecular weight is 177 g/mol. The molecule has 2 aliphatic rings. The monoisotopic (exact) mass is 177 g/mol. The lowest BCUT2D eigenvalue weighted by Crippen LogP contribution is -2.34. The number of hydrogen-bond donors (Lipinski definition) is 1. The summed E-state index contributed by atoms with van der Waals surface area (Å²) < 4.78 is 31.1. The summed E-state index contributed by atoms with van der Waals surface area (Å²) in [5.74, 6) is -2.57. The Morgan fingerprint density at radius 2 is 2.17 bits per heavy atom. The zero-order chi connectivity index (χ0) is 8.82. The molecule has 4 heteroatoms. The summed E-state index contributed by atoms with van der Waals surface area (Å²) in [6, 6.07) is 0. The van der Waals surface area contributed by atoms with E-state index in [0.717, 1.165) is 12.8 Å². The summed E-state index contributed by atoms with van der Waals surface area (Å²) in [4.78, 5) is 0. The molecule has 2 fully saturated rings. The van der Waals surface area contributed by atoms with E-state index in [2.05, 4.69) is 0 Å². The minimum Gasteiger partial charge on any atom is -0.377 e. The molecule has 1 aliphatic carbocycles. The van der Waals surface area contributed by atoms with E-state index in [0.29, 0.717) is 6.61 Å². The van der Waals surface area contributed by atoms with E-state index >= 15 is 0 Å². The van der Waals surface area contributed by atoms with Crippen molar-refractivity contribution >= 4 is 0 Å². The van der Waals surface area contributed by atoms with Gasteiger partial charge < -0.3 is 10.5 Å². The maximum absolute atomic E-state index is 12.9. The van der Waals surface area contributed by atoms with Gasteiger partial charge in [-0.1, -0.05) is 0 Å². The molecule has 0 radical (unpaired) electrons. The Bertz CT molecular complexity index is 191. The van der Waals surface area contributed by atoms with Gasteiger partial charge in [0.15, 0.2) is 0 Å². The fraction of sp³-hybridized carbons (Fsp3) is 1.00. The molecule has 1 heterocycles. The number of halogens is 2. The van der Waals surface area contributed by atoms with Gasteiger partial charge in [0.1, 0.15) is 0 Å². The third-order valence-electron chi connectivity index (χ3n) is 3.05. The molecular weight excluding hydrogens is 164 g/mol. The van der Waals surface area contributed by atoms with Gasteiger partial charge >= 0.3 is 0 Å². The lowest BCUT2D eigenvalue weighted by atomic mass is 9.96. The molecule has 2 unspecified atom stereocenters. The highest BCUT2D eigenvalue weighted by Crippen LogP contribution is 2.63. The van der Waals surface area contributed by atoms with Crippen molar-refractivity contribution in [1.82, 2.24) is 0 Å². The van der Waals surface area contributed by atoms with Crippen molar-refractivity contribution in [3.05, 3.63) is 0 Å². The molecule has 0 bridgehead atoms. The second-order valence-electron chi connectivity index (χ2n) is 3.74. The number of alkyl halides is 2. The molecule has 1 aliphatic heterocycles. The molecule has 2 rings (SSSR count). The molecule has 1 saturated heterocycles. The first-order valence-electron chi connectivity index (χ1n) is 4.32. The Kier molecular flexibility index (Phi) is 1.67. The van der Waals surface area contributed by atoms with E-state index in [-0.39, 0.29) is 19.1 Å². The summed E-state index contributed by atoms with van der Waals surface area (Å²) in [6.07, 6.45) is 1.26. The lowest BCUT2D eigenvalue weighted by Gasteiger charge is -2.20. The van der Waals surface area contributed by atoms with Crippen LogP contribution in [0.5, 0.6) is 0 Å². The van der Waals surface area contributed by atoms with Crippen LogP contribution in [0.15, 0.2) is 0 Å². The van der Waals surface area contributed by atoms with Crippen molar-refractivity contribution in [2.24, 2.45) is 11.1 Å². The van der Waals surface area contributed by atoms with Crippen LogP contribution in [-0.4, -0.2) is 25.2 Å². The first-order chi connectivity index (χ1) is 5.62. The van der Waals surface area contributed by atoms with Gasteiger partial charge in [0, 0.05) is 19.6 Å². The Morgan fingerprint density at radius 3 is 2.50 bits per heavy atom. The van der Waals surface area contributed by atoms with Crippen LogP contribution < -0.4 is 5.73 Å². The van der Waals surface area contributed by atoms with Crippen LogP contribution in [0.2, 0.25) is 0 Å². The summed E-state index contributed by atoms with van der Waals surface area (Å²) in [5.41, 5.74) is 4.35. The molecule has 2 atom stereocenters. The second kappa shape index (κ2) is 2.39. The standard InChI is InChI=1S/C8H13F2NO/c9-8(10)4-7(8,5-11)6-2-1-3-12-6/h6H,1-5,11H2. The minimum atomic E-state index is -2.57. The third kappa shape index (κ3) is 0.910. The topological polar surface area (TPSA) is 35.2 Å². The summed E-state index contributed by atoms with van der Waals surface area (Å²) in [6.45, 7) is 0.660. The highest BCUT2D eigenvalue weighted by atomic mass is 19.3. The maximum Gasteiger partial charge on any atom is 0.258 e. The van der Waals surface area contributed by atoms with E-state index in [1.54, 1.807) is 0 Å². The number of nitrogens with two attached hydrogens (primary N) is 1. The van der Waals surface area contributed by atoms with Crippen LogP contribution in [0.1, 0.15) is 19.3 Å². The van der Waals surface area contributed by atoms with Gasteiger partial charge in [-0.05, 0) is 12.8 Å². The molecule has 0 aromatic heterocycles. The van der Waals surface area contributed by atoms with E-state index in [1.165, 1.54) is 0 Å². The minimum absolute atomic E-state index is 0.0463. The van der Waals surface area contributed by atoms with Crippen molar-refractivity contribution in [3.8, 4) is 0 Å². The predicted molar refractivity (Wildman–Crippen MR) is 40.0 cm³/mol. The normalized spacial score (nSPS) is 44.8. The number of ether oxygens (including phenoxy) is 1. The van der Waals surface area contributed by atoms with Crippen LogP contribution in [0.3, 0.4) is 0 Å².